The zero-order valence-corrected chi connectivity index (χ0v) is 12.8. The summed E-state index contributed by atoms with van der Waals surface area (Å²) >= 11 is 0. The van der Waals surface area contributed by atoms with Crippen molar-refractivity contribution in [1.82, 2.24) is 4.90 Å². The maximum Gasteiger partial charge on any atom is 0.235 e. The molecule has 2 fully saturated rings. The fraction of sp³-hybridized carbons (Fsp3) is 0.875. The molecule has 4 nitrogen and oxygen atoms in total. The van der Waals surface area contributed by atoms with Crippen LogP contribution in [0.15, 0.2) is 0 Å². The minimum Gasteiger partial charge on any atom is -0.396 e. The molecule has 1 spiro atoms. The van der Waals surface area contributed by atoms with E-state index in [1.54, 1.807) is 0 Å². The molecule has 1 aliphatic carbocycles. The smallest absolute Gasteiger partial charge is 0.235 e. The lowest BCUT2D eigenvalue weighted by Gasteiger charge is -2.30. The summed E-state index contributed by atoms with van der Waals surface area (Å²) in [5.41, 5.74) is -0.612. The van der Waals surface area contributed by atoms with Crippen LogP contribution in [0.1, 0.15) is 65.2 Å². The van der Waals surface area contributed by atoms with Gasteiger partial charge in [-0.1, -0.05) is 39.5 Å². The van der Waals surface area contributed by atoms with Crippen LogP contribution >= 0.6 is 0 Å². The van der Waals surface area contributed by atoms with E-state index in [1.807, 2.05) is 13.8 Å². The third kappa shape index (κ3) is 3.05. The lowest BCUT2D eigenvalue weighted by atomic mass is 9.79. The van der Waals surface area contributed by atoms with Crippen LogP contribution in [0.4, 0.5) is 0 Å². The van der Waals surface area contributed by atoms with Gasteiger partial charge in [-0.15, -0.1) is 0 Å². The Morgan fingerprint density at radius 2 is 1.75 bits per heavy atom. The molecule has 1 heterocycles. The Morgan fingerprint density at radius 3 is 2.30 bits per heavy atom. The molecule has 1 N–H and O–H groups in total. The van der Waals surface area contributed by atoms with E-state index in [0.29, 0.717) is 19.4 Å². The summed E-state index contributed by atoms with van der Waals surface area (Å²) < 4.78 is 0. The number of carbonyl (C=O) groups excluding carboxylic acids is 2. The van der Waals surface area contributed by atoms with Crippen molar-refractivity contribution in [3.8, 4) is 0 Å². The number of hydrogen-bond donors (Lipinski definition) is 1. The average molecular weight is 281 g/mol. The van der Waals surface area contributed by atoms with Gasteiger partial charge in [0, 0.05) is 19.6 Å². The third-order valence-corrected chi connectivity index (χ3v) is 4.92. The van der Waals surface area contributed by atoms with E-state index in [-0.39, 0.29) is 23.8 Å². The number of nitrogens with zero attached hydrogens (tertiary/aromatic N) is 1. The molecule has 114 valence electrons. The van der Waals surface area contributed by atoms with Crippen molar-refractivity contribution >= 4 is 11.8 Å². The summed E-state index contributed by atoms with van der Waals surface area (Å²) in [4.78, 5) is 26.5. The first-order valence-corrected chi connectivity index (χ1v) is 7.86. The van der Waals surface area contributed by atoms with Crippen LogP contribution in [0.25, 0.3) is 0 Å². The highest BCUT2D eigenvalue weighted by atomic mass is 16.3. The molecular weight excluding hydrogens is 254 g/mol. The first kappa shape index (κ1) is 15.5. The second kappa shape index (κ2) is 5.84. The number of hydrogen-bond acceptors (Lipinski definition) is 3. The van der Waals surface area contributed by atoms with E-state index in [4.69, 9.17) is 5.11 Å². The van der Waals surface area contributed by atoms with Crippen molar-refractivity contribution in [2.24, 2.45) is 10.8 Å². The van der Waals surface area contributed by atoms with Crippen LogP contribution in [0.2, 0.25) is 0 Å². The number of aliphatic hydroxyl groups is 1. The highest BCUT2D eigenvalue weighted by molar-refractivity contribution is 6.05. The first-order valence-electron chi connectivity index (χ1n) is 7.86. The molecule has 2 aliphatic rings. The van der Waals surface area contributed by atoms with Crippen molar-refractivity contribution < 1.29 is 14.7 Å². The van der Waals surface area contributed by atoms with E-state index in [2.05, 4.69) is 0 Å². The van der Waals surface area contributed by atoms with Gasteiger partial charge in [-0.2, -0.15) is 0 Å². The molecule has 4 heteroatoms. The number of rotatable bonds is 4. The predicted molar refractivity (Wildman–Crippen MR) is 77.0 cm³/mol. The van der Waals surface area contributed by atoms with E-state index in [0.717, 1.165) is 25.7 Å². The Bertz CT molecular complexity index is 381. The maximum atomic E-state index is 12.8. The van der Waals surface area contributed by atoms with Gasteiger partial charge in [-0.05, 0) is 24.7 Å². The molecule has 0 unspecified atom stereocenters. The Labute approximate surface area is 121 Å². The summed E-state index contributed by atoms with van der Waals surface area (Å²) in [5.74, 6) is 0.0401. The second-order valence-electron chi connectivity index (χ2n) is 7.29. The molecule has 0 aromatic rings. The van der Waals surface area contributed by atoms with Crippen molar-refractivity contribution in [2.75, 3.05) is 13.2 Å². The van der Waals surface area contributed by atoms with Gasteiger partial charge in [0.25, 0.3) is 0 Å². The highest BCUT2D eigenvalue weighted by Crippen LogP contribution is 2.45. The molecule has 2 amide bonds. The average Bonchev–Trinajstić information content (AvgIpc) is 2.57. The summed E-state index contributed by atoms with van der Waals surface area (Å²) in [5, 5.41) is 9.10. The molecular formula is C16H27NO3. The van der Waals surface area contributed by atoms with Crippen LogP contribution < -0.4 is 0 Å². The van der Waals surface area contributed by atoms with Crippen molar-refractivity contribution in [3.05, 3.63) is 0 Å². The van der Waals surface area contributed by atoms with Crippen LogP contribution in [0.5, 0.6) is 0 Å². The second-order valence-corrected chi connectivity index (χ2v) is 7.29. The fourth-order valence-corrected chi connectivity index (χ4v) is 3.63. The van der Waals surface area contributed by atoms with E-state index in [9.17, 15) is 9.59 Å². The zero-order chi connectivity index (χ0) is 14.8. The molecule has 0 bridgehead atoms. The molecule has 1 aliphatic heterocycles. The number of amides is 2. The molecule has 1 saturated carbocycles. The summed E-state index contributed by atoms with van der Waals surface area (Å²) in [7, 11) is 0. The van der Waals surface area contributed by atoms with Crippen LogP contribution in [0.3, 0.4) is 0 Å². The number of likely N-dealkylation sites (tertiary alicyclic amines) is 1. The van der Waals surface area contributed by atoms with Gasteiger partial charge in [-0.3, -0.25) is 14.5 Å². The fourth-order valence-electron chi connectivity index (χ4n) is 3.63. The summed E-state index contributed by atoms with van der Waals surface area (Å²) in [6.07, 6.45) is 7.24. The Morgan fingerprint density at radius 1 is 1.15 bits per heavy atom. The number of imide groups is 1. The summed E-state index contributed by atoms with van der Waals surface area (Å²) in [6, 6.07) is 0. The Hall–Kier alpha value is -0.900. The van der Waals surface area contributed by atoms with Crippen molar-refractivity contribution in [1.29, 1.82) is 0 Å². The van der Waals surface area contributed by atoms with Gasteiger partial charge in [0.15, 0.2) is 0 Å². The van der Waals surface area contributed by atoms with Gasteiger partial charge in [0.1, 0.15) is 0 Å². The maximum absolute atomic E-state index is 12.8. The summed E-state index contributed by atoms with van der Waals surface area (Å²) in [6.45, 7) is 4.53. The normalized spacial score (nSPS) is 23.4. The largest absolute Gasteiger partial charge is 0.396 e. The topological polar surface area (TPSA) is 57.6 Å². The van der Waals surface area contributed by atoms with Gasteiger partial charge < -0.3 is 5.11 Å². The van der Waals surface area contributed by atoms with E-state index < -0.39 is 5.41 Å². The lowest BCUT2D eigenvalue weighted by molar-refractivity contribution is -0.143. The molecule has 1 saturated heterocycles. The molecule has 0 atom stereocenters. The SMILES string of the molecule is CC(C)(CCO)CN1C(=O)CC2(CCCCCC2)C1=O. The van der Waals surface area contributed by atoms with Crippen molar-refractivity contribution in [3.63, 3.8) is 0 Å². The monoisotopic (exact) mass is 281 g/mol. The molecule has 20 heavy (non-hydrogen) atoms. The molecule has 0 aromatic carbocycles. The molecule has 0 aromatic heterocycles. The first-order chi connectivity index (χ1) is 9.40. The quantitative estimate of drug-likeness (QED) is 0.805. The van der Waals surface area contributed by atoms with Crippen LogP contribution in [-0.4, -0.2) is 35.0 Å². The number of aliphatic hydroxyl groups excluding tert-OH is 1. The molecule has 0 radical (unpaired) electrons. The van der Waals surface area contributed by atoms with Gasteiger partial charge in [0.2, 0.25) is 11.8 Å². The standard InChI is InChI=1S/C16H27NO3/c1-15(2,9-10-18)12-17-13(19)11-16(14(17)20)7-5-3-4-6-8-16/h18H,3-12H2,1-2H3. The zero-order valence-electron chi connectivity index (χ0n) is 12.8. The Balaban J connectivity index is 2.12. The minimum atomic E-state index is -0.400. The van der Waals surface area contributed by atoms with Crippen LogP contribution in [-0.2, 0) is 9.59 Å². The van der Waals surface area contributed by atoms with E-state index in [1.165, 1.54) is 17.7 Å². The third-order valence-electron chi connectivity index (χ3n) is 4.92. The van der Waals surface area contributed by atoms with Crippen LogP contribution in [0, 0.1) is 10.8 Å². The van der Waals surface area contributed by atoms with Crippen molar-refractivity contribution in [2.45, 2.75) is 65.2 Å². The van der Waals surface area contributed by atoms with Gasteiger partial charge in [0.05, 0.1) is 5.41 Å². The highest BCUT2D eigenvalue weighted by Gasteiger charge is 2.51. The van der Waals surface area contributed by atoms with E-state index >= 15 is 0 Å². The number of carbonyl (C=O) groups is 2. The van der Waals surface area contributed by atoms with Gasteiger partial charge >= 0.3 is 0 Å². The molecule has 2 rings (SSSR count). The van der Waals surface area contributed by atoms with Gasteiger partial charge in [-0.25, -0.2) is 0 Å². The minimum absolute atomic E-state index is 0.0112. The lowest BCUT2D eigenvalue weighted by Crippen LogP contribution is -2.41. The predicted octanol–water partition coefficient (Wildman–Crippen LogP) is 2.49. The Kier molecular flexibility index (Phi) is 4.52.